The number of cyclic esters (lactones) is 1. The summed E-state index contributed by atoms with van der Waals surface area (Å²) < 4.78 is 8.33. The van der Waals surface area contributed by atoms with E-state index in [-0.39, 0.29) is 23.1 Å². The topological polar surface area (TPSA) is 55.7 Å². The Kier molecular flexibility index (Phi) is 2.35. The van der Waals surface area contributed by atoms with Crippen LogP contribution in [0.15, 0.2) is 14.9 Å². The molecule has 0 atom stereocenters. The summed E-state index contributed by atoms with van der Waals surface area (Å²) in [7, 11) is 2.33. The molecule has 0 amide bonds. The van der Waals surface area contributed by atoms with Crippen LogP contribution in [0.4, 0.5) is 0 Å². The van der Waals surface area contributed by atoms with E-state index in [4.69, 9.17) is 11.6 Å². The first-order valence-corrected chi connectivity index (χ1v) is 5.71. The lowest BCUT2D eigenvalue weighted by molar-refractivity contribution is -0.135. The van der Waals surface area contributed by atoms with Gasteiger partial charge in [0.15, 0.2) is 11.8 Å². The molecule has 0 saturated carbocycles. The van der Waals surface area contributed by atoms with Crippen LogP contribution in [0.1, 0.15) is 0 Å². The summed E-state index contributed by atoms with van der Waals surface area (Å²) in [5, 5.41) is 0.192. The van der Waals surface area contributed by atoms with Crippen LogP contribution < -0.4 is 0 Å². The number of carbonyl (C=O) groups excluding carboxylic acids is 2. The average molecular weight is 236 g/mol. The van der Waals surface area contributed by atoms with E-state index in [0.717, 1.165) is 11.0 Å². The van der Waals surface area contributed by atoms with Gasteiger partial charge in [0, 0.05) is 0 Å². The van der Waals surface area contributed by atoms with Crippen molar-refractivity contribution in [2.45, 2.75) is 0 Å². The Bertz CT molecular complexity index is 345. The number of allylic oxidation sites excluding steroid dienone is 1. The summed E-state index contributed by atoms with van der Waals surface area (Å²) in [5.74, 6) is -0.938. The van der Waals surface area contributed by atoms with Gasteiger partial charge in [-0.1, -0.05) is 11.6 Å². The lowest BCUT2D eigenvalue weighted by Crippen LogP contribution is -2.05. The largest absolute Gasteiger partial charge is 0.454 e. The van der Waals surface area contributed by atoms with E-state index in [2.05, 4.69) is 9.13 Å². The minimum absolute atomic E-state index is 0.0313. The van der Waals surface area contributed by atoms with Gasteiger partial charge in [-0.3, -0.25) is 4.79 Å². The number of ketones is 1. The number of esters is 1. The van der Waals surface area contributed by atoms with Crippen molar-refractivity contribution in [3.8, 4) is 0 Å². The second-order valence-electron chi connectivity index (χ2n) is 2.24. The molecular weight excluding hydrogens is 234 g/mol. The first kappa shape index (κ1) is 9.11. The minimum atomic E-state index is -0.608. The summed E-state index contributed by atoms with van der Waals surface area (Å²) in [5.41, 5.74) is 0.0313. The molecule has 1 saturated heterocycles. The molecule has 0 aromatic heterocycles. The molecule has 1 fully saturated rings. The van der Waals surface area contributed by atoms with Crippen LogP contribution in [0.2, 0.25) is 0 Å². The molecule has 0 aliphatic carbocycles. The predicted molar refractivity (Wildman–Crippen MR) is 51.5 cm³/mol. The van der Waals surface area contributed by atoms with Crippen LogP contribution >= 0.6 is 33.4 Å². The molecule has 2 aliphatic heterocycles. The first-order chi connectivity index (χ1) is 6.20. The molecule has 0 aromatic rings. The fourth-order valence-electron chi connectivity index (χ4n) is 0.918. The van der Waals surface area contributed by atoms with Gasteiger partial charge in [0.2, 0.25) is 5.78 Å². The highest BCUT2D eigenvalue weighted by molar-refractivity contribution is 8.78. The number of Topliss-reactive ketones (excluding diaryl/α,β-unsaturated/α-hetero) is 1. The molecule has 2 rings (SSSR count). The van der Waals surface area contributed by atoms with Gasteiger partial charge in [0.1, 0.15) is 5.57 Å². The van der Waals surface area contributed by atoms with E-state index in [9.17, 15) is 9.59 Å². The van der Waals surface area contributed by atoms with E-state index in [1.807, 2.05) is 0 Å². The third kappa shape index (κ3) is 1.49. The highest BCUT2D eigenvalue weighted by atomic mass is 35.5. The second-order valence-corrected chi connectivity index (χ2v) is 4.46. The summed E-state index contributed by atoms with van der Waals surface area (Å²) >= 11 is 5.68. The van der Waals surface area contributed by atoms with Crippen LogP contribution in [0.5, 0.6) is 0 Å². The number of carbonyl (C=O) groups is 2. The Labute approximate surface area is 86.3 Å². The van der Waals surface area contributed by atoms with Crippen LogP contribution in [0.3, 0.4) is 0 Å². The molecule has 0 aromatic carbocycles. The highest BCUT2D eigenvalue weighted by Gasteiger charge is 2.35. The number of halogens is 1. The molecule has 4 nitrogen and oxygen atoms in total. The monoisotopic (exact) mass is 235 g/mol. The third-order valence-corrected chi connectivity index (χ3v) is 3.80. The Balaban J connectivity index is 2.47. The van der Waals surface area contributed by atoms with Gasteiger partial charge < -0.3 is 4.74 Å². The van der Waals surface area contributed by atoms with E-state index in [1.165, 1.54) is 10.8 Å². The minimum Gasteiger partial charge on any atom is -0.454 e. The molecule has 7 heteroatoms. The summed E-state index contributed by atoms with van der Waals surface area (Å²) in [4.78, 5) is 22.7. The van der Waals surface area contributed by atoms with E-state index < -0.39 is 5.97 Å². The van der Waals surface area contributed by atoms with Crippen molar-refractivity contribution in [2.75, 3.05) is 6.61 Å². The molecule has 0 radical (unpaired) electrons. The van der Waals surface area contributed by atoms with Crippen molar-refractivity contribution >= 4 is 50.3 Å². The number of nitrogens with zero attached hydrogens (tertiary/aromatic N) is 1. The molecule has 2 aliphatic rings. The molecular formula is C6H2ClNO3S2. The smallest absolute Gasteiger partial charge is 0.343 e. The second kappa shape index (κ2) is 3.36. The van der Waals surface area contributed by atoms with Crippen LogP contribution in [-0.4, -0.2) is 23.5 Å². The van der Waals surface area contributed by atoms with Gasteiger partial charge in [-0.05, 0) is 10.8 Å². The number of hydrogen-bond donors (Lipinski definition) is 0. The van der Waals surface area contributed by atoms with Gasteiger partial charge >= 0.3 is 5.97 Å². The maximum Gasteiger partial charge on any atom is 0.343 e. The fraction of sp³-hybridized carbons (Fsp3) is 0.167. The lowest BCUT2D eigenvalue weighted by Gasteiger charge is -1.94. The van der Waals surface area contributed by atoms with Crippen LogP contribution in [-0.2, 0) is 14.3 Å². The van der Waals surface area contributed by atoms with Gasteiger partial charge in [0.05, 0.1) is 15.9 Å². The predicted octanol–water partition coefficient (Wildman–Crippen LogP) is 1.31. The van der Waals surface area contributed by atoms with Crippen LogP contribution in [0, 0.1) is 0 Å². The van der Waals surface area contributed by atoms with Gasteiger partial charge in [-0.2, -0.15) is 4.40 Å². The average Bonchev–Trinajstić information content (AvgIpc) is 2.60. The van der Waals surface area contributed by atoms with Crippen molar-refractivity contribution in [1.29, 1.82) is 0 Å². The van der Waals surface area contributed by atoms with E-state index in [1.54, 1.807) is 0 Å². The molecule has 0 unspecified atom stereocenters. The Morgan fingerprint density at radius 2 is 2.23 bits per heavy atom. The van der Waals surface area contributed by atoms with Gasteiger partial charge in [-0.25, -0.2) is 4.79 Å². The van der Waals surface area contributed by atoms with Gasteiger partial charge in [-0.15, -0.1) is 0 Å². The lowest BCUT2D eigenvalue weighted by atomic mass is 10.2. The summed E-state index contributed by atoms with van der Waals surface area (Å²) in [6.45, 7) is -0.187. The van der Waals surface area contributed by atoms with Crippen LogP contribution in [0.25, 0.3) is 0 Å². The number of hydrogen-bond acceptors (Lipinski definition) is 6. The molecule has 68 valence electrons. The Hall–Kier alpha value is -0.460. The number of ether oxygens (including phenoxy) is 1. The highest BCUT2D eigenvalue weighted by Crippen LogP contribution is 2.43. The van der Waals surface area contributed by atoms with Crippen molar-refractivity contribution in [1.82, 2.24) is 0 Å². The molecule has 0 N–H and O–H groups in total. The van der Waals surface area contributed by atoms with Crippen molar-refractivity contribution < 1.29 is 14.3 Å². The molecule has 13 heavy (non-hydrogen) atoms. The zero-order chi connectivity index (χ0) is 9.42. The first-order valence-electron chi connectivity index (χ1n) is 3.22. The van der Waals surface area contributed by atoms with E-state index >= 15 is 0 Å². The zero-order valence-electron chi connectivity index (χ0n) is 6.07. The zero-order valence-corrected chi connectivity index (χ0v) is 8.46. The molecule has 2 heterocycles. The van der Waals surface area contributed by atoms with Crippen molar-refractivity contribution in [3.05, 3.63) is 10.5 Å². The number of rotatable bonds is 0. The normalized spacial score (nSPS) is 27.9. The maximum atomic E-state index is 11.2. The van der Waals surface area contributed by atoms with Crippen molar-refractivity contribution in [2.24, 2.45) is 4.40 Å². The Morgan fingerprint density at radius 1 is 1.46 bits per heavy atom. The van der Waals surface area contributed by atoms with Gasteiger partial charge in [0.25, 0.3) is 0 Å². The maximum absolute atomic E-state index is 11.2. The fourth-order valence-corrected chi connectivity index (χ4v) is 3.26. The standard InChI is InChI=1S/C6H2ClNO3S2/c7-5-4(12-13-8-5)3-2(9)1-11-6(3)10/h1H2/b4-3-. The van der Waals surface area contributed by atoms with E-state index in [0.29, 0.717) is 4.91 Å². The molecule has 0 spiro atoms. The van der Waals surface area contributed by atoms with Crippen molar-refractivity contribution in [3.63, 3.8) is 0 Å². The quantitative estimate of drug-likeness (QED) is 0.208. The Morgan fingerprint density at radius 3 is 2.69 bits per heavy atom. The SMILES string of the molecule is O=C1COC(=O)/C1=C1\SSN=C1Cl. The molecule has 0 bridgehead atoms. The summed E-state index contributed by atoms with van der Waals surface area (Å²) in [6.07, 6.45) is 0. The third-order valence-electron chi connectivity index (χ3n) is 1.47. The summed E-state index contributed by atoms with van der Waals surface area (Å²) in [6, 6.07) is 0.